The maximum atomic E-state index is 13.3. The van der Waals surface area contributed by atoms with Crippen molar-refractivity contribution in [3.05, 3.63) is 70.2 Å². The zero-order chi connectivity index (χ0) is 28.5. The summed E-state index contributed by atoms with van der Waals surface area (Å²) < 4.78 is -0.744. The number of nitrogens with zero attached hydrogens (tertiary/aromatic N) is 2. The molecular formula is C26H25ClN6O5S. The molecule has 2 saturated heterocycles. The minimum atomic E-state index is -1.15. The van der Waals surface area contributed by atoms with Crippen LogP contribution in [0.5, 0.6) is 0 Å². The summed E-state index contributed by atoms with van der Waals surface area (Å²) in [5, 5.41) is 34.6. The molecular weight excluding hydrogens is 544 g/mol. The van der Waals surface area contributed by atoms with E-state index in [1.165, 1.54) is 34.9 Å². The molecule has 2 aromatic rings. The van der Waals surface area contributed by atoms with Gasteiger partial charge in [0.15, 0.2) is 0 Å². The van der Waals surface area contributed by atoms with Gasteiger partial charge in [0.1, 0.15) is 29.3 Å². The van der Waals surface area contributed by atoms with Crippen LogP contribution in [0.15, 0.2) is 48.5 Å². The van der Waals surface area contributed by atoms with E-state index in [1.54, 1.807) is 44.2 Å². The zero-order valence-corrected chi connectivity index (χ0v) is 22.5. The molecule has 4 rings (SSSR count). The van der Waals surface area contributed by atoms with Crippen LogP contribution in [-0.2, 0) is 19.2 Å². The molecule has 2 aliphatic rings. The van der Waals surface area contributed by atoms with Crippen molar-refractivity contribution >= 4 is 52.9 Å². The van der Waals surface area contributed by atoms with E-state index in [9.17, 15) is 24.3 Å². The first kappa shape index (κ1) is 27.9. The summed E-state index contributed by atoms with van der Waals surface area (Å²) in [6.07, 6.45) is 0. The molecule has 0 bridgehead atoms. The van der Waals surface area contributed by atoms with E-state index in [0.717, 1.165) is 0 Å². The number of nitrogens with one attached hydrogen (secondary N) is 4. The number of fused-ring (bicyclic) bond motifs is 1. The maximum Gasteiger partial charge on any atom is 0.327 e. The van der Waals surface area contributed by atoms with Crippen molar-refractivity contribution in [1.82, 2.24) is 20.9 Å². The fraction of sp³-hybridized carbons (Fsp3) is 0.308. The number of rotatable bonds is 8. The number of carbonyl (C=O) groups excluding carboxylic acids is 3. The van der Waals surface area contributed by atoms with E-state index >= 15 is 0 Å². The molecule has 2 aliphatic heterocycles. The average Bonchev–Trinajstić information content (AvgIpc) is 3.16. The Bertz CT molecular complexity index is 1390. The van der Waals surface area contributed by atoms with Gasteiger partial charge in [-0.15, -0.1) is 11.8 Å². The summed E-state index contributed by atoms with van der Waals surface area (Å²) in [7, 11) is 0. The number of carboxylic acid groups (broad SMARTS) is 1. The molecule has 2 aromatic carbocycles. The Morgan fingerprint density at radius 3 is 2.56 bits per heavy atom. The fourth-order valence-electron chi connectivity index (χ4n) is 4.61. The largest absolute Gasteiger partial charge is 0.480 e. The van der Waals surface area contributed by atoms with Crippen LogP contribution in [0.3, 0.4) is 0 Å². The van der Waals surface area contributed by atoms with E-state index in [1.807, 2.05) is 6.07 Å². The standard InChI is InChI=1S/C26H25ClN6O5S/c1-26(2)20(25(37)38)33-23(36)19(24(33)39-26)32-22(35)18(14-6-4-3-5-7-14)31-17(34)12-30-21(29)15-8-13(11-28)9-16(27)10-15/h3-10,18-20,24H,12H2,1-2H3,(H2,29,30)(H,31,34)(H,32,35)(H,37,38)/t18?,19?,20-,24+/m0/s1. The van der Waals surface area contributed by atoms with Gasteiger partial charge in [0.25, 0.3) is 0 Å². The van der Waals surface area contributed by atoms with Gasteiger partial charge in [-0.05, 0) is 37.6 Å². The van der Waals surface area contributed by atoms with Crippen LogP contribution in [0.4, 0.5) is 0 Å². The normalized spacial score (nSPS) is 21.5. The molecule has 13 heteroatoms. The van der Waals surface area contributed by atoms with Crippen LogP contribution in [0.1, 0.15) is 36.6 Å². The molecule has 2 unspecified atom stereocenters. The lowest BCUT2D eigenvalue weighted by molar-refractivity contribution is -0.161. The van der Waals surface area contributed by atoms with Crippen molar-refractivity contribution in [3.8, 4) is 6.07 Å². The Hall–Kier alpha value is -4.08. The van der Waals surface area contributed by atoms with Crippen molar-refractivity contribution in [1.29, 1.82) is 10.7 Å². The maximum absolute atomic E-state index is 13.3. The van der Waals surface area contributed by atoms with Gasteiger partial charge in [0.2, 0.25) is 17.7 Å². The Labute approximate surface area is 233 Å². The summed E-state index contributed by atoms with van der Waals surface area (Å²) in [6, 6.07) is 11.7. The number of carbonyl (C=O) groups is 4. The highest BCUT2D eigenvalue weighted by Crippen LogP contribution is 2.50. The highest BCUT2D eigenvalue weighted by Gasteiger charge is 2.64. The minimum absolute atomic E-state index is 0.140. The van der Waals surface area contributed by atoms with Crippen LogP contribution in [0.25, 0.3) is 0 Å². The monoisotopic (exact) mass is 568 g/mol. The topological polar surface area (TPSA) is 175 Å². The quantitative estimate of drug-likeness (QED) is 0.181. The number of amidine groups is 1. The van der Waals surface area contributed by atoms with E-state index < -0.39 is 51.9 Å². The number of β-lactam (4-membered cyclic amide) rings is 1. The molecule has 0 saturated carbocycles. The van der Waals surface area contributed by atoms with Gasteiger partial charge < -0.3 is 26.0 Å². The highest BCUT2D eigenvalue weighted by molar-refractivity contribution is 8.01. The van der Waals surface area contributed by atoms with Crippen LogP contribution in [0.2, 0.25) is 5.02 Å². The third-order valence-electron chi connectivity index (χ3n) is 6.41. The zero-order valence-electron chi connectivity index (χ0n) is 20.9. The molecule has 0 aliphatic carbocycles. The first-order valence-corrected chi connectivity index (χ1v) is 13.1. The van der Waals surface area contributed by atoms with E-state index in [4.69, 9.17) is 22.3 Å². The molecule has 0 aromatic heterocycles. The third-order valence-corrected chi connectivity index (χ3v) is 8.20. The molecule has 202 valence electrons. The predicted molar refractivity (Wildman–Crippen MR) is 144 cm³/mol. The molecule has 3 amide bonds. The first-order chi connectivity index (χ1) is 18.4. The number of hydrogen-bond donors (Lipinski definition) is 5. The summed E-state index contributed by atoms with van der Waals surface area (Å²) in [4.78, 5) is 52.0. The molecule has 4 atom stereocenters. The summed E-state index contributed by atoms with van der Waals surface area (Å²) in [5.74, 6) is -2.98. The summed E-state index contributed by atoms with van der Waals surface area (Å²) in [5.41, 5.74) is 1.05. The van der Waals surface area contributed by atoms with Gasteiger partial charge in [-0.1, -0.05) is 41.9 Å². The van der Waals surface area contributed by atoms with Crippen LogP contribution < -0.4 is 16.0 Å². The number of thioether (sulfide) groups is 1. The van der Waals surface area contributed by atoms with Crippen LogP contribution >= 0.6 is 23.4 Å². The fourth-order valence-corrected chi connectivity index (χ4v) is 6.47. The Morgan fingerprint density at radius 2 is 1.92 bits per heavy atom. The van der Waals surface area contributed by atoms with Gasteiger partial charge in [0.05, 0.1) is 18.2 Å². The third kappa shape index (κ3) is 5.69. The molecule has 5 N–H and O–H groups in total. The molecule has 2 heterocycles. The van der Waals surface area contributed by atoms with Crippen LogP contribution in [-0.4, -0.2) is 68.3 Å². The number of benzene rings is 2. The summed E-state index contributed by atoms with van der Waals surface area (Å²) in [6.45, 7) is 3.12. The van der Waals surface area contributed by atoms with Gasteiger partial charge >= 0.3 is 5.97 Å². The SMILES string of the molecule is CC1(C)S[C@@H]2C(NC(=O)C(NC(=O)CNC(=N)c3cc(Cl)cc(C#N)c3)c3ccccc3)C(=O)N2[C@H]1C(=O)O. The Morgan fingerprint density at radius 1 is 1.23 bits per heavy atom. The van der Waals surface area contributed by atoms with Crippen molar-refractivity contribution in [2.24, 2.45) is 0 Å². The molecule has 39 heavy (non-hydrogen) atoms. The smallest absolute Gasteiger partial charge is 0.327 e. The van der Waals surface area contributed by atoms with Gasteiger partial charge in [-0.3, -0.25) is 19.8 Å². The summed E-state index contributed by atoms with van der Waals surface area (Å²) >= 11 is 7.29. The first-order valence-electron chi connectivity index (χ1n) is 11.8. The number of nitriles is 1. The number of amides is 3. The van der Waals surface area contributed by atoms with Gasteiger partial charge in [0, 0.05) is 15.3 Å². The highest BCUT2D eigenvalue weighted by atomic mass is 35.5. The average molecular weight is 569 g/mol. The lowest BCUT2D eigenvalue weighted by Gasteiger charge is -2.44. The Balaban J connectivity index is 1.43. The second-order valence-corrected chi connectivity index (χ2v) is 11.8. The molecule has 2 fully saturated rings. The lowest BCUT2D eigenvalue weighted by Crippen LogP contribution is -2.71. The Kier molecular flexibility index (Phi) is 7.85. The van der Waals surface area contributed by atoms with E-state index in [0.29, 0.717) is 11.1 Å². The van der Waals surface area contributed by atoms with Crippen molar-refractivity contribution in [2.45, 2.75) is 42.1 Å². The van der Waals surface area contributed by atoms with Crippen LogP contribution in [0, 0.1) is 16.7 Å². The van der Waals surface area contributed by atoms with Crippen molar-refractivity contribution in [2.75, 3.05) is 6.54 Å². The molecule has 0 spiro atoms. The number of aliphatic carboxylic acids is 1. The van der Waals surface area contributed by atoms with E-state index in [2.05, 4.69) is 16.0 Å². The lowest BCUT2D eigenvalue weighted by atomic mass is 9.95. The molecule has 0 radical (unpaired) electrons. The van der Waals surface area contributed by atoms with Crippen molar-refractivity contribution in [3.63, 3.8) is 0 Å². The van der Waals surface area contributed by atoms with E-state index in [-0.39, 0.29) is 23.0 Å². The number of carboxylic acids is 1. The predicted octanol–water partition coefficient (Wildman–Crippen LogP) is 1.62. The second-order valence-electron chi connectivity index (χ2n) is 9.56. The molecule has 11 nitrogen and oxygen atoms in total. The number of hydrogen-bond acceptors (Lipinski definition) is 7. The van der Waals surface area contributed by atoms with Gasteiger partial charge in [-0.25, -0.2) is 4.79 Å². The van der Waals surface area contributed by atoms with Crippen molar-refractivity contribution < 1.29 is 24.3 Å². The number of halogens is 1. The minimum Gasteiger partial charge on any atom is -0.480 e. The van der Waals surface area contributed by atoms with Gasteiger partial charge in [-0.2, -0.15) is 5.26 Å². The second kappa shape index (κ2) is 11.0.